The number of imidazole rings is 1. The summed E-state index contributed by atoms with van der Waals surface area (Å²) in [7, 11) is 1.48. The normalized spacial score (nSPS) is 11.8. The summed E-state index contributed by atoms with van der Waals surface area (Å²) in [6.07, 6.45) is -2.88. The molecule has 110 valence electrons. The Hall–Kier alpha value is -2.29. The van der Waals surface area contributed by atoms with Gasteiger partial charge in [-0.3, -0.25) is 0 Å². The minimum absolute atomic E-state index is 0.304. The van der Waals surface area contributed by atoms with E-state index in [1.807, 2.05) is 0 Å². The summed E-state index contributed by atoms with van der Waals surface area (Å²) < 4.78 is 44.5. The fourth-order valence-electron chi connectivity index (χ4n) is 1.76. The molecule has 0 aliphatic heterocycles. The van der Waals surface area contributed by atoms with Crippen molar-refractivity contribution in [1.82, 2.24) is 14.6 Å². The molecule has 21 heavy (non-hydrogen) atoms. The Morgan fingerprint density at radius 2 is 2.14 bits per heavy atom. The molecule has 0 amide bonds. The Labute approximate surface area is 121 Å². The molecule has 0 atom stereocenters. The molecule has 0 aliphatic rings. The number of halogens is 3. The van der Waals surface area contributed by atoms with E-state index in [4.69, 9.17) is 4.74 Å². The molecule has 3 aromatic rings. The van der Waals surface area contributed by atoms with Crippen LogP contribution in [0.4, 0.5) is 24.7 Å². The van der Waals surface area contributed by atoms with Crippen LogP contribution in [0.15, 0.2) is 30.5 Å². The number of nitrogens with one attached hydrogen (secondary N) is 1. The minimum atomic E-state index is -4.38. The lowest BCUT2D eigenvalue weighted by atomic mass is 10.2. The predicted octanol–water partition coefficient (Wildman–Crippen LogP) is 3.56. The molecule has 0 saturated heterocycles. The Bertz CT molecular complexity index is 780. The van der Waals surface area contributed by atoms with Crippen molar-refractivity contribution in [3.8, 4) is 5.19 Å². The van der Waals surface area contributed by atoms with Gasteiger partial charge in [-0.15, -0.1) is 5.10 Å². The van der Waals surface area contributed by atoms with Gasteiger partial charge in [-0.2, -0.15) is 17.7 Å². The maximum atomic E-state index is 12.7. The number of alkyl halides is 3. The summed E-state index contributed by atoms with van der Waals surface area (Å²) in [4.78, 5) is 4.69. The second kappa shape index (κ2) is 4.92. The summed E-state index contributed by atoms with van der Waals surface area (Å²) in [5.41, 5.74) is -0.414. The Balaban J connectivity index is 1.93. The van der Waals surface area contributed by atoms with E-state index in [-0.39, 0.29) is 0 Å². The zero-order valence-corrected chi connectivity index (χ0v) is 11.5. The molecule has 0 radical (unpaired) electrons. The molecule has 5 nitrogen and oxygen atoms in total. The maximum Gasteiger partial charge on any atom is 0.416 e. The molecule has 0 aliphatic carbocycles. The van der Waals surface area contributed by atoms with Crippen LogP contribution in [0.25, 0.3) is 4.96 Å². The van der Waals surface area contributed by atoms with Gasteiger partial charge in [0.2, 0.25) is 4.96 Å². The highest BCUT2D eigenvalue weighted by Crippen LogP contribution is 2.32. The first-order chi connectivity index (χ1) is 9.97. The van der Waals surface area contributed by atoms with Gasteiger partial charge in [0, 0.05) is 5.69 Å². The van der Waals surface area contributed by atoms with Crippen LogP contribution >= 0.6 is 11.3 Å². The number of hydrogen-bond acceptors (Lipinski definition) is 5. The van der Waals surface area contributed by atoms with Crippen molar-refractivity contribution < 1.29 is 17.9 Å². The lowest BCUT2D eigenvalue weighted by Gasteiger charge is -2.09. The van der Waals surface area contributed by atoms with Crippen molar-refractivity contribution in [2.24, 2.45) is 0 Å². The van der Waals surface area contributed by atoms with Crippen LogP contribution in [0.5, 0.6) is 5.19 Å². The SMILES string of the molecule is COc1nn2c(Nc3cccc(C(F)(F)F)c3)cnc2s1. The first-order valence-corrected chi connectivity index (χ1v) is 6.62. The van der Waals surface area contributed by atoms with Gasteiger partial charge in [-0.1, -0.05) is 6.07 Å². The van der Waals surface area contributed by atoms with Gasteiger partial charge < -0.3 is 10.1 Å². The van der Waals surface area contributed by atoms with Crippen LogP contribution in [0.3, 0.4) is 0 Å². The third kappa shape index (κ3) is 2.64. The molecule has 0 fully saturated rings. The number of hydrogen-bond donors (Lipinski definition) is 1. The third-order valence-electron chi connectivity index (χ3n) is 2.70. The van der Waals surface area contributed by atoms with Crippen LogP contribution in [0, 0.1) is 0 Å². The lowest BCUT2D eigenvalue weighted by Crippen LogP contribution is -2.05. The molecule has 3 rings (SSSR count). The van der Waals surface area contributed by atoms with Gasteiger partial charge in [0.1, 0.15) is 0 Å². The summed E-state index contributed by atoms with van der Waals surface area (Å²) in [6, 6.07) is 4.93. The second-order valence-corrected chi connectivity index (χ2v) is 5.03. The predicted molar refractivity (Wildman–Crippen MR) is 72.1 cm³/mol. The second-order valence-electron chi connectivity index (χ2n) is 4.11. The van der Waals surface area contributed by atoms with Gasteiger partial charge in [0.25, 0.3) is 5.19 Å². The molecule has 1 N–H and O–H groups in total. The molecule has 0 saturated carbocycles. The van der Waals surface area contributed by atoms with Crippen LogP contribution in [-0.4, -0.2) is 21.7 Å². The molecule has 9 heteroatoms. The van der Waals surface area contributed by atoms with E-state index < -0.39 is 11.7 Å². The standard InChI is InChI=1S/C12H9F3N4OS/c1-20-11-18-19-9(6-16-10(19)21-11)17-8-4-2-3-7(5-8)12(13,14)15/h2-6,17H,1H3. The highest BCUT2D eigenvalue weighted by Gasteiger charge is 2.30. The zero-order chi connectivity index (χ0) is 15.0. The molecule has 0 spiro atoms. The molecule has 0 unspecified atom stereocenters. The summed E-state index contributed by atoms with van der Waals surface area (Å²) in [5, 5.41) is 7.41. The van der Waals surface area contributed by atoms with Crippen molar-refractivity contribution in [2.75, 3.05) is 12.4 Å². The van der Waals surface area contributed by atoms with Crippen LogP contribution in [-0.2, 0) is 6.18 Å². The summed E-state index contributed by atoms with van der Waals surface area (Å²) in [5.74, 6) is 0.462. The quantitative estimate of drug-likeness (QED) is 0.803. The third-order valence-corrected chi connectivity index (χ3v) is 3.59. The minimum Gasteiger partial charge on any atom is -0.472 e. The van der Waals surface area contributed by atoms with Crippen molar-refractivity contribution in [3.05, 3.63) is 36.0 Å². The lowest BCUT2D eigenvalue weighted by molar-refractivity contribution is -0.137. The van der Waals surface area contributed by atoms with E-state index in [9.17, 15) is 13.2 Å². The number of rotatable bonds is 3. The fraction of sp³-hybridized carbons (Fsp3) is 0.167. The molecule has 2 aromatic heterocycles. The van der Waals surface area contributed by atoms with E-state index in [2.05, 4.69) is 15.4 Å². The van der Waals surface area contributed by atoms with E-state index in [0.29, 0.717) is 21.7 Å². The topological polar surface area (TPSA) is 51.5 Å². The van der Waals surface area contributed by atoms with Crippen molar-refractivity contribution in [2.45, 2.75) is 6.18 Å². The Morgan fingerprint density at radius 1 is 1.33 bits per heavy atom. The average Bonchev–Trinajstić information content (AvgIpc) is 3.00. The highest BCUT2D eigenvalue weighted by atomic mass is 32.1. The van der Waals surface area contributed by atoms with Gasteiger partial charge >= 0.3 is 6.18 Å². The van der Waals surface area contributed by atoms with Gasteiger partial charge in [-0.05, 0) is 29.5 Å². The molecule has 2 heterocycles. The maximum absolute atomic E-state index is 12.7. The molecular formula is C12H9F3N4OS. The summed E-state index contributed by atoms with van der Waals surface area (Å²) in [6.45, 7) is 0. The van der Waals surface area contributed by atoms with Crippen LogP contribution in [0.1, 0.15) is 5.56 Å². The van der Waals surface area contributed by atoms with Crippen molar-refractivity contribution >= 4 is 27.8 Å². The fourth-order valence-corrected chi connectivity index (χ4v) is 2.46. The largest absolute Gasteiger partial charge is 0.472 e. The number of anilines is 2. The highest BCUT2D eigenvalue weighted by molar-refractivity contribution is 7.18. The number of benzene rings is 1. The van der Waals surface area contributed by atoms with E-state index in [1.165, 1.54) is 41.3 Å². The first kappa shape index (κ1) is 13.7. The molecule has 1 aromatic carbocycles. The van der Waals surface area contributed by atoms with Gasteiger partial charge in [0.15, 0.2) is 5.82 Å². The van der Waals surface area contributed by atoms with Crippen molar-refractivity contribution in [1.29, 1.82) is 0 Å². The van der Waals surface area contributed by atoms with E-state index in [0.717, 1.165) is 12.1 Å². The Kier molecular flexibility index (Phi) is 3.20. The van der Waals surface area contributed by atoms with Crippen molar-refractivity contribution in [3.63, 3.8) is 0 Å². The van der Waals surface area contributed by atoms with Crippen LogP contribution in [0.2, 0.25) is 0 Å². The van der Waals surface area contributed by atoms with E-state index in [1.54, 1.807) is 0 Å². The number of nitrogens with zero attached hydrogens (tertiary/aromatic N) is 3. The number of aromatic nitrogens is 3. The summed E-state index contributed by atoms with van der Waals surface area (Å²) >= 11 is 1.23. The van der Waals surface area contributed by atoms with Gasteiger partial charge in [0.05, 0.1) is 18.9 Å². The average molecular weight is 314 g/mol. The number of methoxy groups -OCH3 is 1. The van der Waals surface area contributed by atoms with Crippen LogP contribution < -0.4 is 10.1 Å². The number of fused-ring (bicyclic) bond motifs is 1. The smallest absolute Gasteiger partial charge is 0.416 e. The molecule has 0 bridgehead atoms. The Morgan fingerprint density at radius 3 is 2.86 bits per heavy atom. The van der Waals surface area contributed by atoms with Gasteiger partial charge in [-0.25, -0.2) is 4.98 Å². The molecular weight excluding hydrogens is 305 g/mol. The van der Waals surface area contributed by atoms with E-state index >= 15 is 0 Å². The number of ether oxygens (including phenoxy) is 1. The zero-order valence-electron chi connectivity index (χ0n) is 10.7. The first-order valence-electron chi connectivity index (χ1n) is 5.80. The monoisotopic (exact) mass is 314 g/mol.